The van der Waals surface area contributed by atoms with E-state index in [9.17, 15) is 14.4 Å². The van der Waals surface area contributed by atoms with Gasteiger partial charge in [0.15, 0.2) is 5.16 Å². The van der Waals surface area contributed by atoms with E-state index in [1.807, 2.05) is 84.9 Å². The first-order chi connectivity index (χ1) is 27.2. The highest BCUT2D eigenvalue weighted by Crippen LogP contribution is 2.45. The molecule has 1 amide bonds. The van der Waals surface area contributed by atoms with Crippen molar-refractivity contribution in [1.82, 2.24) is 23.9 Å². The highest BCUT2D eigenvalue weighted by Gasteiger charge is 2.45. The van der Waals surface area contributed by atoms with E-state index in [2.05, 4.69) is 6.08 Å². The van der Waals surface area contributed by atoms with Gasteiger partial charge in [-0.05, 0) is 104 Å². The maximum absolute atomic E-state index is 14.9. The summed E-state index contributed by atoms with van der Waals surface area (Å²) in [7, 11) is 5.07. The highest BCUT2D eigenvalue weighted by molar-refractivity contribution is 8.00. The molecule has 1 aliphatic carbocycles. The van der Waals surface area contributed by atoms with Crippen LogP contribution >= 0.6 is 11.8 Å². The van der Waals surface area contributed by atoms with Crippen molar-refractivity contribution in [3.05, 3.63) is 146 Å². The van der Waals surface area contributed by atoms with Gasteiger partial charge in [-0.25, -0.2) is 19.2 Å². The summed E-state index contributed by atoms with van der Waals surface area (Å²) in [6.07, 6.45) is 4.82. The number of para-hydroxylation sites is 2. The number of hydrogen-bond donors (Lipinski definition) is 0. The van der Waals surface area contributed by atoms with Crippen LogP contribution in [0.4, 0.5) is 0 Å². The molecule has 0 N–H and O–H groups in total. The number of carbonyl (C=O) groups is 1. The number of thioether (sulfide) groups is 1. The second kappa shape index (κ2) is 15.2. The fourth-order valence-corrected chi connectivity index (χ4v) is 8.77. The third-order valence-electron chi connectivity index (χ3n) is 10.8. The predicted octanol–water partition coefficient (Wildman–Crippen LogP) is 7.50. The van der Waals surface area contributed by atoms with Gasteiger partial charge in [-0.2, -0.15) is 5.10 Å². The lowest BCUT2D eigenvalue weighted by Gasteiger charge is -2.30. The Hall–Kier alpha value is -6.14. The third kappa shape index (κ3) is 6.53. The van der Waals surface area contributed by atoms with Crippen LogP contribution in [0.15, 0.2) is 129 Å². The minimum atomic E-state index is -0.742. The number of fused-ring (bicyclic) bond motifs is 2. The molecule has 12 heteroatoms. The van der Waals surface area contributed by atoms with E-state index >= 15 is 0 Å². The van der Waals surface area contributed by atoms with Crippen molar-refractivity contribution in [2.45, 2.75) is 49.6 Å². The van der Waals surface area contributed by atoms with Gasteiger partial charge in [-0.1, -0.05) is 66.4 Å². The van der Waals surface area contributed by atoms with Crippen LogP contribution in [0.25, 0.3) is 28.4 Å². The normalized spacial score (nSPS) is 17.8. The Bertz CT molecular complexity index is 2630. The summed E-state index contributed by atoms with van der Waals surface area (Å²) in [5, 5.41) is 6.63. The van der Waals surface area contributed by atoms with Gasteiger partial charge in [0.25, 0.3) is 17.0 Å². The van der Waals surface area contributed by atoms with Gasteiger partial charge in [0.05, 0.1) is 53.5 Å². The number of nitrogens with zero attached hydrogens (tertiary/aromatic N) is 6. The number of rotatable bonds is 9. The quantitative estimate of drug-likeness (QED) is 0.111. The monoisotopic (exact) mass is 766 g/mol. The molecule has 1 fully saturated rings. The first-order valence-corrected chi connectivity index (χ1v) is 19.5. The topological polar surface area (TPSA) is 113 Å². The lowest BCUT2D eigenvalue weighted by atomic mass is 9.77. The summed E-state index contributed by atoms with van der Waals surface area (Å²) in [6, 6.07) is 31.7. The average Bonchev–Trinajstić information content (AvgIpc) is 3.72. The molecule has 2 aromatic heterocycles. The van der Waals surface area contributed by atoms with Gasteiger partial charge in [0, 0.05) is 13.0 Å². The summed E-state index contributed by atoms with van der Waals surface area (Å²) in [4.78, 5) is 48.5. The van der Waals surface area contributed by atoms with Crippen molar-refractivity contribution in [1.29, 1.82) is 0 Å². The van der Waals surface area contributed by atoms with Gasteiger partial charge in [0.1, 0.15) is 17.2 Å². The molecule has 3 heterocycles. The van der Waals surface area contributed by atoms with Crippen molar-refractivity contribution in [3.8, 4) is 22.9 Å². The van der Waals surface area contributed by atoms with Crippen LogP contribution in [0.2, 0.25) is 0 Å². The molecule has 0 saturated heterocycles. The van der Waals surface area contributed by atoms with Crippen LogP contribution in [0.1, 0.15) is 49.0 Å². The number of hydrazone groups is 1. The second-order valence-electron chi connectivity index (χ2n) is 14.0. The molecule has 4 aromatic carbocycles. The first kappa shape index (κ1) is 36.8. The van der Waals surface area contributed by atoms with Crippen molar-refractivity contribution in [3.63, 3.8) is 0 Å². The van der Waals surface area contributed by atoms with E-state index in [1.165, 1.54) is 9.25 Å². The van der Waals surface area contributed by atoms with Gasteiger partial charge in [-0.3, -0.25) is 19.1 Å². The minimum absolute atomic E-state index is 0.0248. The zero-order valence-corrected chi connectivity index (χ0v) is 32.7. The Kier molecular flexibility index (Phi) is 9.98. The third-order valence-corrected chi connectivity index (χ3v) is 11.8. The molecule has 284 valence electrons. The Morgan fingerprint density at radius 3 is 2.23 bits per heavy atom. The minimum Gasteiger partial charge on any atom is -0.497 e. The Morgan fingerprint density at radius 2 is 1.54 bits per heavy atom. The van der Waals surface area contributed by atoms with Crippen molar-refractivity contribution < 1.29 is 14.3 Å². The summed E-state index contributed by atoms with van der Waals surface area (Å²) >= 11 is 1.15. The van der Waals surface area contributed by atoms with Crippen LogP contribution < -0.4 is 20.6 Å². The Labute approximate surface area is 328 Å². The molecule has 56 heavy (non-hydrogen) atoms. The molecule has 6 aromatic rings. The maximum Gasteiger partial charge on any atom is 0.296 e. The van der Waals surface area contributed by atoms with Crippen molar-refractivity contribution >= 4 is 40.4 Å². The van der Waals surface area contributed by atoms with E-state index < -0.39 is 5.25 Å². The SMILES string of the molecule is COc1ccc(/C=C2\CCCC3C2=NN(C(=O)C(C)Sc2nc4ccccc4c(=O)n2-c2c(C)n(C)n(-c4ccccc4)c2=O)C3c2ccc(OC)cc2)cc1. The molecule has 8 rings (SSSR count). The van der Waals surface area contributed by atoms with Crippen LogP contribution in [0.3, 0.4) is 0 Å². The number of aromatic nitrogens is 4. The fourth-order valence-electron chi connectivity index (χ4n) is 7.81. The lowest BCUT2D eigenvalue weighted by Crippen LogP contribution is -2.36. The van der Waals surface area contributed by atoms with Gasteiger partial charge in [-0.15, -0.1) is 0 Å². The Morgan fingerprint density at radius 1 is 0.875 bits per heavy atom. The molecule has 1 saturated carbocycles. The van der Waals surface area contributed by atoms with E-state index in [1.54, 1.807) is 63.0 Å². The molecule has 3 atom stereocenters. The van der Waals surface area contributed by atoms with Gasteiger partial charge >= 0.3 is 0 Å². The lowest BCUT2D eigenvalue weighted by molar-refractivity contribution is -0.132. The largest absolute Gasteiger partial charge is 0.497 e. The number of ether oxygens (including phenoxy) is 2. The molecular weight excluding hydrogens is 725 g/mol. The number of hydrogen-bond acceptors (Lipinski definition) is 8. The Balaban J connectivity index is 1.21. The number of benzene rings is 4. The smallest absolute Gasteiger partial charge is 0.296 e. The molecule has 0 radical (unpaired) electrons. The molecular formula is C44H42N6O5S. The average molecular weight is 767 g/mol. The van der Waals surface area contributed by atoms with Crippen molar-refractivity contribution in [2.75, 3.05) is 14.2 Å². The van der Waals surface area contributed by atoms with E-state index in [0.29, 0.717) is 22.3 Å². The molecule has 11 nitrogen and oxygen atoms in total. The zero-order valence-electron chi connectivity index (χ0n) is 31.9. The van der Waals surface area contributed by atoms with E-state index in [0.717, 1.165) is 64.9 Å². The number of amides is 1. The molecule has 0 spiro atoms. The molecule has 2 aliphatic rings. The summed E-state index contributed by atoms with van der Waals surface area (Å²) in [5.41, 5.74) is 5.11. The molecule has 0 bridgehead atoms. The van der Waals surface area contributed by atoms with Crippen LogP contribution in [0.5, 0.6) is 11.5 Å². The number of carbonyl (C=O) groups excluding carboxylic acids is 1. The summed E-state index contributed by atoms with van der Waals surface area (Å²) in [5.74, 6) is 1.25. The highest BCUT2D eigenvalue weighted by atomic mass is 32.2. The van der Waals surface area contributed by atoms with E-state index in [4.69, 9.17) is 19.6 Å². The summed E-state index contributed by atoms with van der Waals surface area (Å²) < 4.78 is 15.5. The number of allylic oxidation sites excluding steroid dienone is 1. The standard InChI is InChI=1S/C44H42N6O5S/c1-27-39(43(53)50(47(27)3)32-13-7-6-8-14-32)48-42(52)35-15-9-10-17-37(35)45-44(48)56-28(2)41(51)49-40(30-20-24-34(55-5)25-21-30)36-16-11-12-31(38(36)46-49)26-29-18-22-33(54-4)23-19-29/h6-10,13-15,17-26,28,36,40H,11-12,16H2,1-5H3/b31-26+. The van der Waals surface area contributed by atoms with Gasteiger partial charge in [0.2, 0.25) is 0 Å². The second-order valence-corrected chi connectivity index (χ2v) is 15.4. The summed E-state index contributed by atoms with van der Waals surface area (Å²) in [6.45, 7) is 3.61. The predicted molar refractivity (Wildman–Crippen MR) is 220 cm³/mol. The molecule has 1 aliphatic heterocycles. The zero-order chi connectivity index (χ0) is 39.1. The molecule has 3 unspecified atom stereocenters. The van der Waals surface area contributed by atoms with Crippen LogP contribution in [-0.4, -0.2) is 55.0 Å². The van der Waals surface area contributed by atoms with Gasteiger partial charge < -0.3 is 9.47 Å². The maximum atomic E-state index is 14.9. The van der Waals surface area contributed by atoms with E-state index in [-0.39, 0.29) is 39.8 Å². The van der Waals surface area contributed by atoms with Crippen LogP contribution in [-0.2, 0) is 11.8 Å². The number of methoxy groups -OCH3 is 2. The van der Waals surface area contributed by atoms with Crippen molar-refractivity contribution in [2.24, 2.45) is 18.1 Å². The fraction of sp³-hybridized carbons (Fsp3) is 0.250. The van der Waals surface area contributed by atoms with Crippen LogP contribution in [0, 0.1) is 12.8 Å². The first-order valence-electron chi connectivity index (χ1n) is 18.6.